The maximum Gasteiger partial charge on any atom is 0.272 e. The van der Waals surface area contributed by atoms with Crippen molar-refractivity contribution in [2.45, 2.75) is 31.6 Å². The Balaban J connectivity index is 2.31. The summed E-state index contributed by atoms with van der Waals surface area (Å²) in [6.07, 6.45) is 2.38. The van der Waals surface area contributed by atoms with Gasteiger partial charge in [-0.05, 0) is 43.7 Å². The highest BCUT2D eigenvalue weighted by molar-refractivity contribution is 6.21. The fraction of sp³-hybridized carbons (Fsp3) is 0.500. The van der Waals surface area contributed by atoms with Crippen molar-refractivity contribution in [1.29, 1.82) is 0 Å². The van der Waals surface area contributed by atoms with E-state index in [1.165, 1.54) is 12.1 Å². The summed E-state index contributed by atoms with van der Waals surface area (Å²) in [4.78, 5) is 10.4. The molecule has 1 saturated carbocycles. The number of rotatable bonds is 4. The van der Waals surface area contributed by atoms with Gasteiger partial charge < -0.3 is 0 Å². The van der Waals surface area contributed by atoms with Crippen molar-refractivity contribution in [3.05, 3.63) is 39.7 Å². The van der Waals surface area contributed by atoms with E-state index in [2.05, 4.69) is 0 Å². The highest BCUT2D eigenvalue weighted by Crippen LogP contribution is 2.53. The van der Waals surface area contributed by atoms with Crippen molar-refractivity contribution in [2.75, 3.05) is 0 Å². The minimum atomic E-state index is -0.469. The van der Waals surface area contributed by atoms with Gasteiger partial charge >= 0.3 is 0 Å². The van der Waals surface area contributed by atoms with Crippen molar-refractivity contribution in [2.24, 2.45) is 5.41 Å². The van der Waals surface area contributed by atoms with Gasteiger partial charge in [0, 0.05) is 17.0 Å². The standard InChI is InChI=1S/C12H13ClFNO2/c1-8(13)12(4-5-12)7-9-6-10(14)2-3-11(9)15(16)17/h2-3,6,8H,4-5,7H2,1H3. The van der Waals surface area contributed by atoms with E-state index in [-0.39, 0.29) is 16.5 Å². The molecule has 0 amide bonds. The molecule has 1 aromatic rings. The zero-order chi connectivity index (χ0) is 12.6. The molecular weight excluding hydrogens is 245 g/mol. The van der Waals surface area contributed by atoms with E-state index in [1.54, 1.807) is 0 Å². The molecule has 92 valence electrons. The van der Waals surface area contributed by atoms with Crippen molar-refractivity contribution in [3.63, 3.8) is 0 Å². The molecule has 0 aromatic heterocycles. The molecule has 0 N–H and O–H groups in total. The summed E-state index contributed by atoms with van der Waals surface area (Å²) in [5.41, 5.74) is 0.343. The second-order valence-corrected chi connectivity index (χ2v) is 5.34. The van der Waals surface area contributed by atoms with Gasteiger partial charge in [0.2, 0.25) is 0 Å². The summed E-state index contributed by atoms with van der Waals surface area (Å²) in [7, 11) is 0. The Kier molecular flexibility index (Phi) is 3.08. The predicted octanol–water partition coefficient (Wildman–Crippen LogP) is 3.68. The van der Waals surface area contributed by atoms with Crippen molar-refractivity contribution in [1.82, 2.24) is 0 Å². The van der Waals surface area contributed by atoms with Crippen LogP contribution in [0.3, 0.4) is 0 Å². The quantitative estimate of drug-likeness (QED) is 0.469. The van der Waals surface area contributed by atoms with Gasteiger partial charge in [0.05, 0.1) is 4.92 Å². The van der Waals surface area contributed by atoms with E-state index < -0.39 is 10.7 Å². The smallest absolute Gasteiger partial charge is 0.258 e. The minimum absolute atomic E-state index is 0.0185. The second-order valence-electron chi connectivity index (χ2n) is 4.69. The summed E-state index contributed by atoms with van der Waals surface area (Å²) in [6.45, 7) is 1.89. The predicted molar refractivity (Wildman–Crippen MR) is 63.7 cm³/mol. The lowest BCUT2D eigenvalue weighted by Crippen LogP contribution is -2.16. The lowest BCUT2D eigenvalue weighted by atomic mass is 9.92. The van der Waals surface area contributed by atoms with E-state index >= 15 is 0 Å². The zero-order valence-corrected chi connectivity index (χ0v) is 10.2. The molecule has 0 aliphatic heterocycles. The molecule has 0 heterocycles. The number of halogens is 2. The van der Waals surface area contributed by atoms with Crippen molar-refractivity contribution >= 4 is 17.3 Å². The first kappa shape index (κ1) is 12.3. The van der Waals surface area contributed by atoms with Crippen LogP contribution < -0.4 is 0 Å². The molecule has 0 bridgehead atoms. The van der Waals surface area contributed by atoms with Crippen LogP contribution in [0.1, 0.15) is 25.3 Å². The Morgan fingerprint density at radius 2 is 2.24 bits per heavy atom. The number of nitro benzene ring substituents is 1. The van der Waals surface area contributed by atoms with Crippen LogP contribution in [0.15, 0.2) is 18.2 Å². The monoisotopic (exact) mass is 257 g/mol. The van der Waals surface area contributed by atoms with Crippen molar-refractivity contribution in [3.8, 4) is 0 Å². The average Bonchev–Trinajstić information content (AvgIpc) is 2.98. The Bertz CT molecular complexity index is 458. The van der Waals surface area contributed by atoms with Gasteiger partial charge in [-0.1, -0.05) is 0 Å². The Hall–Kier alpha value is -1.16. The molecule has 5 heteroatoms. The van der Waals surface area contributed by atoms with Crippen LogP contribution in [0.2, 0.25) is 0 Å². The first-order chi connectivity index (χ1) is 7.94. The molecule has 1 atom stereocenters. The Morgan fingerprint density at radius 3 is 2.71 bits per heavy atom. The van der Waals surface area contributed by atoms with Gasteiger partial charge in [-0.25, -0.2) is 4.39 Å². The van der Waals surface area contributed by atoms with Gasteiger partial charge in [0.1, 0.15) is 5.82 Å². The fourth-order valence-electron chi connectivity index (χ4n) is 2.13. The van der Waals surface area contributed by atoms with E-state index in [1.807, 2.05) is 6.92 Å². The first-order valence-corrected chi connectivity index (χ1v) is 5.95. The summed E-state index contributed by atoms with van der Waals surface area (Å²) < 4.78 is 13.2. The van der Waals surface area contributed by atoms with Crippen LogP contribution in [0.4, 0.5) is 10.1 Å². The van der Waals surface area contributed by atoms with Crippen LogP contribution in [0.5, 0.6) is 0 Å². The zero-order valence-electron chi connectivity index (χ0n) is 9.45. The first-order valence-electron chi connectivity index (χ1n) is 5.51. The highest BCUT2D eigenvalue weighted by Gasteiger charge is 2.47. The highest BCUT2D eigenvalue weighted by atomic mass is 35.5. The van der Waals surface area contributed by atoms with Crippen LogP contribution in [-0.4, -0.2) is 10.3 Å². The number of benzene rings is 1. The van der Waals surface area contributed by atoms with E-state index in [0.29, 0.717) is 12.0 Å². The number of nitrogens with zero attached hydrogens (tertiary/aromatic N) is 1. The Morgan fingerprint density at radius 1 is 1.59 bits per heavy atom. The SMILES string of the molecule is CC(Cl)C1(Cc2cc(F)ccc2[N+](=O)[O-])CC1. The average molecular weight is 258 g/mol. The largest absolute Gasteiger partial charge is 0.272 e. The summed E-state index contributed by atoms with van der Waals surface area (Å²) in [5.74, 6) is -0.441. The van der Waals surface area contributed by atoms with E-state index in [0.717, 1.165) is 18.9 Å². The van der Waals surface area contributed by atoms with Gasteiger partial charge in [0.25, 0.3) is 5.69 Å². The van der Waals surface area contributed by atoms with Crippen LogP contribution >= 0.6 is 11.6 Å². The molecule has 0 saturated heterocycles. The van der Waals surface area contributed by atoms with Crippen LogP contribution in [0.25, 0.3) is 0 Å². The molecule has 0 spiro atoms. The van der Waals surface area contributed by atoms with Crippen molar-refractivity contribution < 1.29 is 9.31 Å². The van der Waals surface area contributed by atoms with Gasteiger partial charge in [-0.15, -0.1) is 11.6 Å². The summed E-state index contributed by atoms with van der Waals surface area (Å²) in [5, 5.41) is 10.8. The molecule has 1 aliphatic carbocycles. The molecule has 0 radical (unpaired) electrons. The fourth-order valence-corrected chi connectivity index (χ4v) is 2.42. The molecule has 3 nitrogen and oxygen atoms in total. The maximum absolute atomic E-state index is 13.2. The normalized spacial score (nSPS) is 18.8. The number of hydrogen-bond acceptors (Lipinski definition) is 2. The van der Waals surface area contributed by atoms with Crippen LogP contribution in [0, 0.1) is 21.3 Å². The topological polar surface area (TPSA) is 43.1 Å². The summed E-state index contributed by atoms with van der Waals surface area (Å²) >= 11 is 6.09. The Labute approximate surface area is 104 Å². The van der Waals surface area contributed by atoms with E-state index in [4.69, 9.17) is 11.6 Å². The second kappa shape index (κ2) is 4.26. The molecule has 1 aromatic carbocycles. The van der Waals surface area contributed by atoms with Crippen LogP contribution in [-0.2, 0) is 6.42 Å². The third kappa shape index (κ3) is 2.41. The molecule has 1 unspecified atom stereocenters. The minimum Gasteiger partial charge on any atom is -0.258 e. The summed E-state index contributed by atoms with van der Waals surface area (Å²) in [6, 6.07) is 3.59. The lowest BCUT2D eigenvalue weighted by molar-refractivity contribution is -0.385. The third-order valence-electron chi connectivity index (χ3n) is 3.52. The molecule has 2 rings (SSSR count). The van der Waals surface area contributed by atoms with E-state index in [9.17, 15) is 14.5 Å². The molecular formula is C12H13ClFNO2. The molecule has 1 fully saturated rings. The number of nitro groups is 1. The van der Waals surface area contributed by atoms with Gasteiger partial charge in [0.15, 0.2) is 0 Å². The van der Waals surface area contributed by atoms with Gasteiger partial charge in [-0.2, -0.15) is 0 Å². The maximum atomic E-state index is 13.2. The third-order valence-corrected chi connectivity index (χ3v) is 3.98. The number of alkyl halides is 1. The lowest BCUT2D eigenvalue weighted by Gasteiger charge is -2.17. The molecule has 17 heavy (non-hydrogen) atoms. The number of hydrogen-bond donors (Lipinski definition) is 0. The molecule has 1 aliphatic rings. The van der Waals surface area contributed by atoms with Gasteiger partial charge in [-0.3, -0.25) is 10.1 Å².